The van der Waals surface area contributed by atoms with Gasteiger partial charge >= 0.3 is 0 Å². The van der Waals surface area contributed by atoms with Crippen LogP contribution in [-0.2, 0) is 16.0 Å². The molecule has 1 aromatic heterocycles. The Labute approximate surface area is 275 Å². The molecule has 0 atom stereocenters. The Morgan fingerprint density at radius 2 is 1.80 bits per heavy atom. The van der Waals surface area contributed by atoms with Gasteiger partial charge in [-0.3, -0.25) is 9.59 Å². The van der Waals surface area contributed by atoms with E-state index in [1.807, 2.05) is 57.2 Å². The summed E-state index contributed by atoms with van der Waals surface area (Å²) >= 11 is 0. The van der Waals surface area contributed by atoms with Gasteiger partial charge in [0.25, 0.3) is 11.5 Å². The SMILES string of the molecule is CC=N.CCN(c1cc(-c2ccc(OCCOCCCO)cc2)cc(C(=O)NCc2c(C)cc(C)[nH]c2=O)c1C)C1CCOCC1.[HH].[HH]. The maximum Gasteiger partial charge on any atom is 0.253 e. The maximum absolute atomic E-state index is 13.7. The quantitative estimate of drug-likeness (QED) is 0.129. The van der Waals surface area contributed by atoms with Gasteiger partial charge in [0.15, 0.2) is 0 Å². The van der Waals surface area contributed by atoms with Gasteiger partial charge in [0, 0.05) is 70.9 Å². The number of rotatable bonds is 14. The highest BCUT2D eigenvalue weighted by Crippen LogP contribution is 2.34. The van der Waals surface area contributed by atoms with Gasteiger partial charge < -0.3 is 39.9 Å². The van der Waals surface area contributed by atoms with Crippen LogP contribution in [-0.4, -0.2) is 74.4 Å². The highest BCUT2D eigenvalue weighted by atomic mass is 16.5. The Morgan fingerprint density at radius 3 is 2.43 bits per heavy atom. The molecule has 1 fully saturated rings. The van der Waals surface area contributed by atoms with E-state index in [1.54, 1.807) is 6.92 Å². The first kappa shape index (κ1) is 36.5. The minimum atomic E-state index is -0.218. The second-order valence-corrected chi connectivity index (χ2v) is 11.3. The minimum absolute atomic E-state index is 0. The molecular formula is C36H54N4O6. The first-order valence-electron chi connectivity index (χ1n) is 16.1. The average Bonchev–Trinajstić information content (AvgIpc) is 3.04. The minimum Gasteiger partial charge on any atom is -0.491 e. The van der Waals surface area contributed by atoms with E-state index in [1.165, 1.54) is 6.21 Å². The molecule has 1 aliphatic heterocycles. The van der Waals surface area contributed by atoms with Crippen molar-refractivity contribution in [1.29, 1.82) is 5.41 Å². The number of aromatic amines is 1. The number of amides is 1. The van der Waals surface area contributed by atoms with E-state index >= 15 is 0 Å². The number of hydrogen-bond donors (Lipinski definition) is 4. The number of pyridine rings is 1. The van der Waals surface area contributed by atoms with Crippen LogP contribution in [0.2, 0.25) is 0 Å². The standard InChI is InChI=1S/C34H45N3O6.C2H5N.2H2/c1-5-37(28-11-15-42-16-12-28)32-21-27(26-7-9-29(10-8-26)43-18-17-41-14-6-13-38)20-30(25(32)4)33(39)35-22-31-23(2)19-24(3)36-34(31)40;1-2-3;;/h7-10,19-21,28,38H,5-6,11-18,22H2,1-4H3,(H,35,39)(H,36,40);2-3H,1H3;2*1H. The zero-order chi connectivity index (χ0) is 33.5. The molecule has 2 aromatic carbocycles. The monoisotopic (exact) mass is 638 g/mol. The van der Waals surface area contributed by atoms with Gasteiger partial charge in [0.2, 0.25) is 0 Å². The lowest BCUT2D eigenvalue weighted by atomic mass is 9.95. The Kier molecular flexibility index (Phi) is 15.0. The molecule has 10 nitrogen and oxygen atoms in total. The van der Waals surface area contributed by atoms with E-state index < -0.39 is 0 Å². The number of aryl methyl sites for hydroxylation is 2. The van der Waals surface area contributed by atoms with Gasteiger partial charge in [-0.05, 0) is 113 Å². The van der Waals surface area contributed by atoms with Crippen molar-refractivity contribution in [2.75, 3.05) is 51.1 Å². The number of anilines is 1. The van der Waals surface area contributed by atoms with Crippen LogP contribution in [0, 0.1) is 26.2 Å². The van der Waals surface area contributed by atoms with Crippen molar-refractivity contribution >= 4 is 17.8 Å². The Balaban J connectivity index is 0.00000222. The number of ether oxygens (including phenoxy) is 3. The molecule has 2 heterocycles. The number of nitrogens with one attached hydrogen (secondary N) is 3. The van der Waals surface area contributed by atoms with E-state index in [-0.39, 0.29) is 27.5 Å². The fraction of sp³-hybridized carbons (Fsp3) is 0.472. The fourth-order valence-electron chi connectivity index (χ4n) is 5.62. The first-order chi connectivity index (χ1) is 22.2. The van der Waals surface area contributed by atoms with E-state index in [4.69, 9.17) is 24.7 Å². The highest BCUT2D eigenvalue weighted by molar-refractivity contribution is 5.99. The van der Waals surface area contributed by atoms with Crippen molar-refractivity contribution in [3.05, 3.63) is 80.8 Å². The van der Waals surface area contributed by atoms with Crippen molar-refractivity contribution in [1.82, 2.24) is 10.3 Å². The zero-order valence-electron chi connectivity index (χ0n) is 27.9. The van der Waals surface area contributed by atoms with E-state index in [0.717, 1.165) is 72.0 Å². The number of H-pyrrole nitrogens is 1. The van der Waals surface area contributed by atoms with Crippen LogP contribution in [0.25, 0.3) is 11.1 Å². The number of aliphatic hydroxyl groups is 1. The van der Waals surface area contributed by atoms with Crippen molar-refractivity contribution in [3.63, 3.8) is 0 Å². The molecule has 46 heavy (non-hydrogen) atoms. The van der Waals surface area contributed by atoms with Gasteiger partial charge in [0.1, 0.15) is 12.4 Å². The number of nitrogens with zero attached hydrogens (tertiary/aromatic N) is 1. The van der Waals surface area contributed by atoms with Gasteiger partial charge in [0.05, 0.1) is 6.61 Å². The molecule has 1 saturated heterocycles. The van der Waals surface area contributed by atoms with E-state index in [2.05, 4.69) is 28.2 Å². The third kappa shape index (κ3) is 10.3. The van der Waals surface area contributed by atoms with Crippen LogP contribution in [0.4, 0.5) is 5.69 Å². The number of carbonyl (C=O) groups is 1. The summed E-state index contributed by atoms with van der Waals surface area (Å²) in [4.78, 5) is 31.5. The lowest BCUT2D eigenvalue weighted by molar-refractivity contribution is 0.0846. The number of aliphatic hydroxyl groups excluding tert-OH is 1. The first-order valence-corrected chi connectivity index (χ1v) is 16.1. The molecule has 3 aromatic rings. The fourth-order valence-corrected chi connectivity index (χ4v) is 5.62. The predicted molar refractivity (Wildman–Crippen MR) is 188 cm³/mol. The molecule has 0 unspecified atom stereocenters. The Bertz CT molecular complexity index is 1480. The van der Waals surface area contributed by atoms with Crippen LogP contribution in [0.5, 0.6) is 5.75 Å². The number of hydrogen-bond acceptors (Lipinski definition) is 8. The topological polar surface area (TPSA) is 137 Å². The summed E-state index contributed by atoms with van der Waals surface area (Å²) in [6.45, 7) is 13.5. The summed E-state index contributed by atoms with van der Waals surface area (Å²) in [6.07, 6.45) is 3.73. The molecule has 4 N–H and O–H groups in total. The molecular weight excluding hydrogens is 584 g/mol. The highest BCUT2D eigenvalue weighted by Gasteiger charge is 2.25. The van der Waals surface area contributed by atoms with Crippen molar-refractivity contribution in [2.24, 2.45) is 0 Å². The van der Waals surface area contributed by atoms with Crippen molar-refractivity contribution < 1.29 is 27.0 Å². The number of benzene rings is 2. The second-order valence-electron chi connectivity index (χ2n) is 11.3. The van der Waals surface area contributed by atoms with Crippen molar-refractivity contribution in [2.45, 2.75) is 66.5 Å². The van der Waals surface area contributed by atoms with Gasteiger partial charge in [-0.2, -0.15) is 0 Å². The summed E-state index contributed by atoms with van der Waals surface area (Å²) < 4.78 is 16.9. The van der Waals surface area contributed by atoms with Crippen LogP contribution in [0.1, 0.15) is 68.7 Å². The van der Waals surface area contributed by atoms with Gasteiger partial charge in [-0.1, -0.05) is 12.1 Å². The number of aromatic nitrogens is 1. The van der Waals surface area contributed by atoms with Gasteiger partial charge in [-0.25, -0.2) is 0 Å². The smallest absolute Gasteiger partial charge is 0.253 e. The maximum atomic E-state index is 13.7. The molecule has 254 valence electrons. The zero-order valence-corrected chi connectivity index (χ0v) is 27.9. The third-order valence-corrected chi connectivity index (χ3v) is 7.96. The molecule has 10 heteroatoms. The molecule has 4 rings (SSSR count). The van der Waals surface area contributed by atoms with Gasteiger partial charge in [-0.15, -0.1) is 0 Å². The summed E-state index contributed by atoms with van der Waals surface area (Å²) in [6, 6.07) is 14.2. The lowest BCUT2D eigenvalue weighted by Crippen LogP contribution is -2.40. The van der Waals surface area contributed by atoms with Crippen LogP contribution < -0.4 is 20.5 Å². The summed E-state index contributed by atoms with van der Waals surface area (Å²) in [5.74, 6) is 0.514. The Morgan fingerprint density at radius 1 is 1.11 bits per heavy atom. The third-order valence-electron chi connectivity index (χ3n) is 7.96. The summed E-state index contributed by atoms with van der Waals surface area (Å²) in [7, 11) is 0. The molecule has 1 aliphatic rings. The van der Waals surface area contributed by atoms with E-state index in [0.29, 0.717) is 43.4 Å². The second kappa shape index (κ2) is 18.9. The lowest BCUT2D eigenvalue weighted by Gasteiger charge is -2.37. The largest absolute Gasteiger partial charge is 0.491 e. The average molecular weight is 639 g/mol. The summed E-state index contributed by atoms with van der Waals surface area (Å²) in [5.41, 5.74) is 6.44. The summed E-state index contributed by atoms with van der Waals surface area (Å²) in [5, 5.41) is 17.9. The Hall–Kier alpha value is -3.99. The molecule has 0 radical (unpaired) electrons. The normalized spacial score (nSPS) is 13.0. The van der Waals surface area contributed by atoms with Crippen LogP contribution in [0.15, 0.2) is 47.3 Å². The molecule has 0 aliphatic carbocycles. The molecule has 1 amide bonds. The van der Waals surface area contributed by atoms with E-state index in [9.17, 15) is 9.59 Å². The molecule has 0 bridgehead atoms. The molecule has 0 saturated carbocycles. The number of carbonyl (C=O) groups excluding carboxylic acids is 1. The van der Waals surface area contributed by atoms with Crippen LogP contribution in [0.3, 0.4) is 0 Å². The predicted octanol–water partition coefficient (Wildman–Crippen LogP) is 5.83. The van der Waals surface area contributed by atoms with Crippen LogP contribution >= 0.6 is 0 Å². The molecule has 0 spiro atoms. The van der Waals surface area contributed by atoms with Crippen molar-refractivity contribution in [3.8, 4) is 16.9 Å².